The predicted molar refractivity (Wildman–Crippen MR) is 131 cm³/mol. The van der Waals surface area contributed by atoms with Crippen LogP contribution in [-0.2, 0) is 16.8 Å². The van der Waals surface area contributed by atoms with Crippen LogP contribution in [0.15, 0.2) is 121 Å². The summed E-state index contributed by atoms with van der Waals surface area (Å²) in [6.07, 6.45) is 0.406. The first-order valence-electron chi connectivity index (χ1n) is 11.1. The zero-order valence-corrected chi connectivity index (χ0v) is 18.3. The third-order valence-electron chi connectivity index (χ3n) is 5.90. The summed E-state index contributed by atoms with van der Waals surface area (Å²) in [4.78, 5) is 13.3. The van der Waals surface area contributed by atoms with Crippen LogP contribution in [0.1, 0.15) is 28.3 Å². The Morgan fingerprint density at radius 1 is 0.727 bits per heavy atom. The summed E-state index contributed by atoms with van der Waals surface area (Å²) in [5.74, 6) is -0.321. The minimum atomic E-state index is -1.51. The van der Waals surface area contributed by atoms with Crippen molar-refractivity contribution in [3.05, 3.63) is 144 Å². The lowest BCUT2D eigenvalue weighted by Gasteiger charge is -2.38. The molecule has 0 heterocycles. The third-order valence-corrected chi connectivity index (χ3v) is 5.90. The second-order valence-corrected chi connectivity index (χ2v) is 8.15. The number of carbonyl (C=O) groups is 1. The van der Waals surface area contributed by atoms with Gasteiger partial charge < -0.3 is 16.2 Å². The van der Waals surface area contributed by atoms with Gasteiger partial charge in [-0.1, -0.05) is 121 Å². The molecule has 0 fully saturated rings. The van der Waals surface area contributed by atoms with Gasteiger partial charge >= 0.3 is 0 Å². The van der Waals surface area contributed by atoms with E-state index in [2.05, 4.69) is 5.32 Å². The van der Waals surface area contributed by atoms with Crippen LogP contribution in [0.25, 0.3) is 0 Å². The summed E-state index contributed by atoms with van der Waals surface area (Å²) >= 11 is 0. The fourth-order valence-corrected chi connectivity index (χ4v) is 4.17. The Bertz CT molecular complexity index is 1110. The van der Waals surface area contributed by atoms with Gasteiger partial charge in [0.2, 0.25) is 5.91 Å². The van der Waals surface area contributed by atoms with Crippen molar-refractivity contribution in [1.29, 1.82) is 0 Å². The van der Waals surface area contributed by atoms with E-state index in [4.69, 9.17) is 5.73 Å². The number of rotatable bonds is 8. The molecule has 166 valence electrons. The molecule has 4 aromatic carbocycles. The van der Waals surface area contributed by atoms with Crippen molar-refractivity contribution in [3.8, 4) is 0 Å². The van der Waals surface area contributed by atoms with Gasteiger partial charge in [-0.2, -0.15) is 0 Å². The summed E-state index contributed by atoms with van der Waals surface area (Å²) < 4.78 is 0. The number of benzene rings is 4. The lowest BCUT2D eigenvalue weighted by molar-refractivity contribution is -0.125. The minimum absolute atomic E-state index is 0.321. The van der Waals surface area contributed by atoms with Crippen LogP contribution in [-0.4, -0.2) is 17.1 Å². The Kier molecular flexibility index (Phi) is 6.98. The van der Waals surface area contributed by atoms with Crippen molar-refractivity contribution in [1.82, 2.24) is 5.32 Å². The monoisotopic (exact) mass is 436 g/mol. The fourth-order valence-electron chi connectivity index (χ4n) is 4.17. The molecule has 4 N–H and O–H groups in total. The quantitative estimate of drug-likeness (QED) is 0.384. The number of carbonyl (C=O) groups excluding carboxylic acids is 1. The van der Waals surface area contributed by atoms with E-state index in [0.29, 0.717) is 17.5 Å². The first-order chi connectivity index (χ1) is 16.1. The van der Waals surface area contributed by atoms with Gasteiger partial charge in [0, 0.05) is 0 Å². The van der Waals surface area contributed by atoms with E-state index in [9.17, 15) is 9.90 Å². The lowest BCUT2D eigenvalue weighted by atomic mass is 9.77. The average molecular weight is 437 g/mol. The average Bonchev–Trinajstić information content (AvgIpc) is 2.89. The molecule has 4 nitrogen and oxygen atoms in total. The SMILES string of the molecule is N[C@@H](Cc1ccccc1)C(=O)N[C@@H](c1ccccc1)C(O)(c1ccccc1)c1ccccc1. The van der Waals surface area contributed by atoms with E-state index >= 15 is 0 Å². The summed E-state index contributed by atoms with van der Waals surface area (Å²) in [5.41, 5.74) is 7.93. The highest BCUT2D eigenvalue weighted by atomic mass is 16.3. The van der Waals surface area contributed by atoms with E-state index in [1.165, 1.54) is 0 Å². The van der Waals surface area contributed by atoms with E-state index in [0.717, 1.165) is 11.1 Å². The molecule has 0 unspecified atom stereocenters. The van der Waals surface area contributed by atoms with Gasteiger partial charge in [0.25, 0.3) is 0 Å². The summed E-state index contributed by atoms with van der Waals surface area (Å²) in [6, 6.07) is 36.5. The van der Waals surface area contributed by atoms with E-state index in [-0.39, 0.29) is 5.91 Å². The van der Waals surface area contributed by atoms with Gasteiger partial charge in [-0.3, -0.25) is 4.79 Å². The maximum Gasteiger partial charge on any atom is 0.237 e. The van der Waals surface area contributed by atoms with Gasteiger partial charge in [-0.05, 0) is 28.7 Å². The van der Waals surface area contributed by atoms with Crippen LogP contribution in [0.5, 0.6) is 0 Å². The second kappa shape index (κ2) is 10.3. The maximum atomic E-state index is 13.3. The number of amides is 1. The topological polar surface area (TPSA) is 75.4 Å². The van der Waals surface area contributed by atoms with E-state index in [1.54, 1.807) is 0 Å². The Morgan fingerprint density at radius 2 is 1.15 bits per heavy atom. The molecule has 0 aliphatic rings. The molecule has 2 atom stereocenters. The van der Waals surface area contributed by atoms with Crippen LogP contribution >= 0.6 is 0 Å². The molecule has 0 aliphatic heterocycles. The highest BCUT2D eigenvalue weighted by molar-refractivity contribution is 5.82. The van der Waals surface area contributed by atoms with Crippen molar-refractivity contribution in [2.75, 3.05) is 0 Å². The molecule has 0 aliphatic carbocycles. The van der Waals surface area contributed by atoms with Crippen molar-refractivity contribution in [2.24, 2.45) is 5.73 Å². The smallest absolute Gasteiger partial charge is 0.237 e. The van der Waals surface area contributed by atoms with Crippen molar-refractivity contribution < 1.29 is 9.90 Å². The van der Waals surface area contributed by atoms with Crippen molar-refractivity contribution in [2.45, 2.75) is 24.1 Å². The molecular weight excluding hydrogens is 408 g/mol. The molecule has 4 heteroatoms. The van der Waals surface area contributed by atoms with Crippen LogP contribution in [0.2, 0.25) is 0 Å². The number of nitrogens with two attached hydrogens (primary N) is 1. The molecule has 4 rings (SSSR count). The highest BCUT2D eigenvalue weighted by Crippen LogP contribution is 2.41. The molecule has 0 aromatic heterocycles. The predicted octanol–water partition coefficient (Wildman–Crippen LogP) is 4.35. The standard InChI is InChI=1S/C29H28N2O2/c30-26(21-22-13-5-1-6-14-22)28(32)31-27(23-15-7-2-8-16-23)29(33,24-17-9-3-10-18-24)25-19-11-4-12-20-25/h1-20,26-27,33H,21,30H2,(H,31,32)/t26-,27-/m0/s1. The second-order valence-electron chi connectivity index (χ2n) is 8.15. The number of nitrogens with one attached hydrogen (secondary N) is 1. The van der Waals surface area contributed by atoms with Gasteiger partial charge in [0.05, 0.1) is 12.1 Å². The molecule has 4 aromatic rings. The molecule has 0 saturated carbocycles. The fraction of sp³-hybridized carbons (Fsp3) is 0.138. The van der Waals surface area contributed by atoms with Crippen LogP contribution in [0.3, 0.4) is 0 Å². The van der Waals surface area contributed by atoms with Gasteiger partial charge in [0.15, 0.2) is 0 Å². The maximum absolute atomic E-state index is 13.3. The van der Waals surface area contributed by atoms with Crippen LogP contribution in [0, 0.1) is 0 Å². The Morgan fingerprint density at radius 3 is 1.64 bits per heavy atom. The first kappa shape index (κ1) is 22.5. The molecule has 1 amide bonds. The van der Waals surface area contributed by atoms with Gasteiger partial charge in [0.1, 0.15) is 5.60 Å². The Hall–Kier alpha value is -3.73. The number of hydrogen-bond acceptors (Lipinski definition) is 3. The molecule has 0 radical (unpaired) electrons. The van der Waals surface area contributed by atoms with E-state index < -0.39 is 17.7 Å². The van der Waals surface area contributed by atoms with Crippen molar-refractivity contribution in [3.63, 3.8) is 0 Å². The molecule has 0 spiro atoms. The summed E-state index contributed by atoms with van der Waals surface area (Å²) in [7, 11) is 0. The van der Waals surface area contributed by atoms with Crippen LogP contribution < -0.4 is 11.1 Å². The molecule has 0 bridgehead atoms. The third kappa shape index (κ3) is 5.03. The largest absolute Gasteiger partial charge is 0.378 e. The number of aliphatic hydroxyl groups is 1. The molecule has 0 saturated heterocycles. The highest BCUT2D eigenvalue weighted by Gasteiger charge is 2.42. The Labute approximate surface area is 194 Å². The Balaban J connectivity index is 1.75. The summed E-state index contributed by atoms with van der Waals surface area (Å²) in [5, 5.41) is 15.4. The normalized spacial score (nSPS) is 13.2. The van der Waals surface area contributed by atoms with Crippen molar-refractivity contribution >= 4 is 5.91 Å². The zero-order chi connectivity index (χ0) is 23.1. The minimum Gasteiger partial charge on any atom is -0.378 e. The zero-order valence-electron chi connectivity index (χ0n) is 18.3. The lowest BCUT2D eigenvalue weighted by Crippen LogP contribution is -2.50. The number of hydrogen-bond donors (Lipinski definition) is 3. The first-order valence-corrected chi connectivity index (χ1v) is 11.1. The summed E-state index contributed by atoms with van der Waals surface area (Å²) in [6.45, 7) is 0. The van der Waals surface area contributed by atoms with Gasteiger partial charge in [-0.25, -0.2) is 0 Å². The van der Waals surface area contributed by atoms with E-state index in [1.807, 2.05) is 121 Å². The van der Waals surface area contributed by atoms with Crippen LogP contribution in [0.4, 0.5) is 0 Å². The molecular formula is C29H28N2O2. The van der Waals surface area contributed by atoms with Gasteiger partial charge in [-0.15, -0.1) is 0 Å². The molecule has 33 heavy (non-hydrogen) atoms.